The fourth-order valence-electron chi connectivity index (χ4n) is 2.26. The van der Waals surface area contributed by atoms with Crippen molar-refractivity contribution in [3.63, 3.8) is 0 Å². The Kier molecular flexibility index (Phi) is 4.54. The van der Waals surface area contributed by atoms with Crippen molar-refractivity contribution >= 4 is 20.1 Å². The lowest BCUT2D eigenvalue weighted by Crippen LogP contribution is -2.48. The number of sulfone groups is 1. The van der Waals surface area contributed by atoms with Crippen LogP contribution in [-0.4, -0.2) is 41.0 Å². The van der Waals surface area contributed by atoms with E-state index < -0.39 is 19.8 Å². The lowest BCUT2D eigenvalue weighted by atomic mass is 9.97. The van der Waals surface area contributed by atoms with E-state index in [2.05, 4.69) is 0 Å². The number of ether oxygens (including phenoxy) is 1. The second kappa shape index (κ2) is 5.39. The normalized spacial score (nSPS) is 25.3. The molecule has 0 radical (unpaired) electrons. The van der Waals surface area contributed by atoms with Gasteiger partial charge in [-0.15, -0.1) is 0 Å². The molecule has 1 saturated heterocycles. The Hall–Kier alpha value is -0.893. The zero-order chi connectivity index (χ0) is 13.9. The van der Waals surface area contributed by atoms with E-state index in [1.807, 2.05) is 0 Å². The van der Waals surface area contributed by atoms with Crippen LogP contribution in [0.3, 0.4) is 0 Å². The van der Waals surface area contributed by atoms with Crippen molar-refractivity contribution in [1.29, 1.82) is 10.5 Å². The highest BCUT2D eigenvalue weighted by Crippen LogP contribution is 2.34. The topological polar surface area (TPSA) is 91.0 Å². The van der Waals surface area contributed by atoms with Crippen LogP contribution in [0.5, 0.6) is 0 Å². The van der Waals surface area contributed by atoms with Crippen molar-refractivity contribution in [2.75, 3.05) is 12.4 Å². The van der Waals surface area contributed by atoms with Crippen LogP contribution >= 0.6 is 0 Å². The summed E-state index contributed by atoms with van der Waals surface area (Å²) in [6, 6.07) is 3.44. The summed E-state index contributed by atoms with van der Waals surface area (Å²) in [7, 11) is -3.12. The van der Waals surface area contributed by atoms with E-state index in [0.29, 0.717) is 16.8 Å². The van der Waals surface area contributed by atoms with Crippen LogP contribution in [0.2, 0.25) is 0 Å². The Morgan fingerprint density at radius 2 is 2.00 bits per heavy atom. The number of hydrogen-bond acceptors (Lipinski definition) is 5. The average Bonchev–Trinajstić information content (AvgIpc) is 2.36. The molecule has 0 aromatic carbocycles. The summed E-state index contributed by atoms with van der Waals surface area (Å²) in [5.41, 5.74) is 0. The molecule has 5 nitrogen and oxygen atoms in total. The van der Waals surface area contributed by atoms with Gasteiger partial charge in [-0.05, 0) is 19.3 Å². The summed E-state index contributed by atoms with van der Waals surface area (Å²) in [4.78, 5) is 0. The fourth-order valence-corrected chi connectivity index (χ4v) is 4.90. The van der Waals surface area contributed by atoms with Crippen molar-refractivity contribution in [2.45, 2.75) is 42.6 Å². The zero-order valence-corrected chi connectivity index (χ0v) is 13.6. The van der Waals surface area contributed by atoms with E-state index in [1.54, 1.807) is 12.1 Å². The van der Waals surface area contributed by atoms with Crippen LogP contribution in [-0.2, 0) is 14.6 Å². The van der Waals surface area contributed by atoms with Crippen molar-refractivity contribution in [3.8, 4) is 12.1 Å². The molecule has 0 bridgehead atoms. The Balaban J connectivity index is 3.09. The molecular formula is C11H18N2O3SSi. The molecule has 1 rings (SSSR count). The summed E-state index contributed by atoms with van der Waals surface area (Å²) < 4.78 is 27.7. The average molecular weight is 286 g/mol. The van der Waals surface area contributed by atoms with Crippen LogP contribution in [0.25, 0.3) is 0 Å². The summed E-state index contributed by atoms with van der Waals surface area (Å²) in [6.07, 6.45) is 2.64. The van der Waals surface area contributed by atoms with E-state index in [9.17, 15) is 18.9 Å². The molecule has 1 aliphatic rings. The molecule has 0 aromatic heterocycles. The monoisotopic (exact) mass is 286 g/mol. The minimum Gasteiger partial charge on any atom is -0.379 e. The predicted octanol–water partition coefficient (Wildman–Crippen LogP) is -0.141. The molecule has 1 fully saturated rings. The molecular weight excluding hydrogens is 268 g/mol. The predicted molar refractivity (Wildman–Crippen MR) is 70.5 cm³/mol. The Labute approximate surface area is 111 Å². The highest BCUT2D eigenvalue weighted by atomic mass is 32.2. The molecule has 1 atom stereocenters. The van der Waals surface area contributed by atoms with Gasteiger partial charge in [0.05, 0.1) is 11.0 Å². The summed E-state index contributed by atoms with van der Waals surface area (Å²) >= 11 is 0. The van der Waals surface area contributed by atoms with Gasteiger partial charge in [-0.25, -0.2) is 8.42 Å². The first-order valence-electron chi connectivity index (χ1n) is 6.03. The number of nitriles is 2. The lowest BCUT2D eigenvalue weighted by Gasteiger charge is -2.37. The maximum atomic E-state index is 12.0. The van der Waals surface area contributed by atoms with E-state index in [1.165, 1.54) is 6.92 Å². The quantitative estimate of drug-likeness (QED) is 0.671. The first-order chi connectivity index (χ1) is 8.35. The number of nitrogens with zero attached hydrogens (tertiary/aromatic N) is 2. The number of rotatable bonds is 4. The van der Waals surface area contributed by atoms with Gasteiger partial charge >= 0.3 is 0 Å². The summed E-state index contributed by atoms with van der Waals surface area (Å²) in [5.74, 6) is -0.203. The SMILES string of the molecule is CCS(=O)(=O)C(C#N)(C#N)CC1([SiH3])CCCCO1. The third-order valence-electron chi connectivity index (χ3n) is 3.45. The van der Waals surface area contributed by atoms with Crippen LogP contribution < -0.4 is 0 Å². The van der Waals surface area contributed by atoms with E-state index >= 15 is 0 Å². The van der Waals surface area contributed by atoms with Crippen molar-refractivity contribution in [2.24, 2.45) is 0 Å². The van der Waals surface area contributed by atoms with E-state index in [-0.39, 0.29) is 12.2 Å². The molecule has 0 aliphatic carbocycles. The molecule has 0 spiro atoms. The smallest absolute Gasteiger partial charge is 0.245 e. The largest absolute Gasteiger partial charge is 0.379 e. The van der Waals surface area contributed by atoms with Gasteiger partial charge < -0.3 is 4.74 Å². The molecule has 1 heterocycles. The van der Waals surface area contributed by atoms with Crippen LogP contribution in [0.4, 0.5) is 0 Å². The minimum absolute atomic E-state index is 0.0185. The molecule has 18 heavy (non-hydrogen) atoms. The van der Waals surface area contributed by atoms with Crippen LogP contribution in [0.15, 0.2) is 0 Å². The first-order valence-corrected chi connectivity index (χ1v) is 8.69. The standard InChI is InChI=1S/C11H18N2O3SSi/c1-2-17(14,15)10(8-12,9-13)7-11(18)5-3-4-6-16-11/h2-7H2,1,18H3. The van der Waals surface area contributed by atoms with Gasteiger partial charge in [0.1, 0.15) is 12.1 Å². The maximum absolute atomic E-state index is 12.0. The van der Waals surface area contributed by atoms with Gasteiger partial charge in [-0.3, -0.25) is 0 Å². The molecule has 1 unspecified atom stereocenters. The third-order valence-corrected chi connectivity index (χ3v) is 6.74. The first kappa shape index (κ1) is 15.2. The fraction of sp³-hybridized carbons (Fsp3) is 0.818. The number of hydrogen-bond donors (Lipinski definition) is 0. The van der Waals surface area contributed by atoms with Gasteiger partial charge in [0.15, 0.2) is 9.84 Å². The molecule has 1 aliphatic heterocycles. The maximum Gasteiger partial charge on any atom is 0.245 e. The Bertz CT molecular complexity index is 469. The van der Waals surface area contributed by atoms with Gasteiger partial charge in [-0.1, -0.05) is 6.92 Å². The van der Waals surface area contributed by atoms with E-state index in [0.717, 1.165) is 19.3 Å². The minimum atomic E-state index is -3.74. The second-order valence-electron chi connectivity index (χ2n) is 4.89. The summed E-state index contributed by atoms with van der Waals surface area (Å²) in [5, 5.41) is 17.8. The van der Waals surface area contributed by atoms with Gasteiger partial charge in [0, 0.05) is 23.3 Å². The van der Waals surface area contributed by atoms with E-state index in [4.69, 9.17) is 4.74 Å². The highest BCUT2D eigenvalue weighted by Gasteiger charge is 2.49. The Morgan fingerprint density at radius 1 is 1.39 bits per heavy atom. The third kappa shape index (κ3) is 2.74. The van der Waals surface area contributed by atoms with Crippen LogP contribution in [0, 0.1) is 22.7 Å². The summed E-state index contributed by atoms with van der Waals surface area (Å²) in [6.45, 7) is 2.04. The molecule has 100 valence electrons. The molecule has 0 N–H and O–H groups in total. The molecule has 0 aromatic rings. The van der Waals surface area contributed by atoms with Crippen molar-refractivity contribution < 1.29 is 13.2 Å². The Morgan fingerprint density at radius 3 is 2.39 bits per heavy atom. The molecule has 0 amide bonds. The van der Waals surface area contributed by atoms with Crippen molar-refractivity contribution in [3.05, 3.63) is 0 Å². The zero-order valence-electron chi connectivity index (χ0n) is 10.8. The van der Waals surface area contributed by atoms with Gasteiger partial charge in [-0.2, -0.15) is 10.5 Å². The second-order valence-corrected chi connectivity index (χ2v) is 9.21. The van der Waals surface area contributed by atoms with Crippen molar-refractivity contribution in [1.82, 2.24) is 0 Å². The lowest BCUT2D eigenvalue weighted by molar-refractivity contribution is -0.0239. The van der Waals surface area contributed by atoms with Gasteiger partial charge in [0.25, 0.3) is 0 Å². The highest BCUT2D eigenvalue weighted by molar-refractivity contribution is 7.93. The molecule has 0 saturated carbocycles. The van der Waals surface area contributed by atoms with Gasteiger partial charge in [0.2, 0.25) is 4.75 Å². The van der Waals surface area contributed by atoms with Crippen LogP contribution in [0.1, 0.15) is 32.6 Å². The molecule has 7 heteroatoms.